The molecule has 0 bridgehead atoms. The maximum absolute atomic E-state index is 14.1. The maximum atomic E-state index is 14.1. The van der Waals surface area contributed by atoms with E-state index in [1.165, 1.54) is 6.07 Å². The van der Waals surface area contributed by atoms with Gasteiger partial charge in [-0.2, -0.15) is 13.2 Å². The van der Waals surface area contributed by atoms with Crippen LogP contribution in [-0.4, -0.2) is 34.8 Å². The summed E-state index contributed by atoms with van der Waals surface area (Å²) in [5.74, 6) is -7.29. The zero-order chi connectivity index (χ0) is 23.4. The predicted molar refractivity (Wildman–Crippen MR) is 101 cm³/mol. The molecule has 1 aromatic heterocycles. The molecule has 1 unspecified atom stereocenters. The van der Waals surface area contributed by atoms with Crippen LogP contribution in [0.25, 0.3) is 0 Å². The third-order valence-corrected chi connectivity index (χ3v) is 5.97. The molecule has 0 saturated heterocycles. The van der Waals surface area contributed by atoms with Crippen molar-refractivity contribution >= 4 is 11.9 Å². The molecule has 2 aliphatic carbocycles. The number of nitrogens with zero attached hydrogens (tertiary/aromatic N) is 3. The van der Waals surface area contributed by atoms with E-state index in [0.29, 0.717) is 0 Å². The first-order valence-corrected chi connectivity index (χ1v) is 10.1. The van der Waals surface area contributed by atoms with Gasteiger partial charge in [0.1, 0.15) is 5.69 Å². The number of pyridine rings is 1. The molecule has 0 spiro atoms. The second kappa shape index (κ2) is 7.48. The van der Waals surface area contributed by atoms with Gasteiger partial charge in [-0.3, -0.25) is 5.32 Å². The van der Waals surface area contributed by atoms with Crippen molar-refractivity contribution in [3.8, 4) is 0 Å². The number of hydrogen-bond donors (Lipinski definition) is 3. The van der Waals surface area contributed by atoms with E-state index in [-0.39, 0.29) is 36.9 Å². The second-order valence-electron chi connectivity index (χ2n) is 8.45. The normalized spacial score (nSPS) is 33.0. The number of alkyl halides is 7. The van der Waals surface area contributed by atoms with Crippen LogP contribution in [-0.2, 0) is 11.8 Å². The fraction of sp³-hybridized carbons (Fsp3) is 0.632. The highest BCUT2D eigenvalue weighted by molar-refractivity contribution is 6.00. The number of aliphatic imine (C=N–C) groups is 2. The standard InChI is InChI=1S/C19H21F7N6/c20-16(21)6-4-10(8-16)18(12-2-1-3-13(29-12)19(24,25)26)31-14(27)30-15(32-18)28-11-5-7-17(22,23)9-11/h1-3,10-11H,4-9H2,(H4,27,28,30,31,32)/t10-,11-,18?/m0/s1. The van der Waals surface area contributed by atoms with Crippen molar-refractivity contribution in [2.24, 2.45) is 21.6 Å². The fourth-order valence-electron chi connectivity index (χ4n) is 4.50. The third-order valence-electron chi connectivity index (χ3n) is 5.97. The molecule has 3 atom stereocenters. The van der Waals surface area contributed by atoms with E-state index in [1.54, 1.807) is 0 Å². The van der Waals surface area contributed by atoms with Crippen LogP contribution in [0.1, 0.15) is 49.9 Å². The Bertz CT molecular complexity index is 944. The van der Waals surface area contributed by atoms with E-state index in [9.17, 15) is 30.7 Å². The minimum Gasteiger partial charge on any atom is -0.370 e. The molecule has 2 saturated carbocycles. The number of nitrogens with two attached hydrogens (primary N) is 1. The van der Waals surface area contributed by atoms with Gasteiger partial charge in [-0.1, -0.05) is 6.07 Å². The van der Waals surface area contributed by atoms with Crippen molar-refractivity contribution in [3.05, 3.63) is 29.6 Å². The first-order chi connectivity index (χ1) is 14.8. The number of aromatic nitrogens is 1. The van der Waals surface area contributed by atoms with Crippen molar-refractivity contribution in [3.63, 3.8) is 0 Å². The number of rotatable bonds is 3. The summed E-state index contributed by atoms with van der Waals surface area (Å²) in [7, 11) is 0. The molecule has 1 aromatic rings. The highest BCUT2D eigenvalue weighted by atomic mass is 19.4. The maximum Gasteiger partial charge on any atom is 0.433 e. The molecule has 0 amide bonds. The van der Waals surface area contributed by atoms with Gasteiger partial charge in [0.15, 0.2) is 11.6 Å². The van der Waals surface area contributed by atoms with Gasteiger partial charge in [0.2, 0.25) is 17.8 Å². The zero-order valence-electron chi connectivity index (χ0n) is 16.7. The lowest BCUT2D eigenvalue weighted by molar-refractivity contribution is -0.141. The summed E-state index contributed by atoms with van der Waals surface area (Å²) in [6.07, 6.45) is -6.75. The summed E-state index contributed by atoms with van der Waals surface area (Å²) < 4.78 is 95.1. The SMILES string of the molecule is NC1=NC(c2cccc(C(F)(F)F)n2)([C@H]2CCC(F)(F)C2)NC(=N[C@H]2CCC(F)(F)C2)N1. The van der Waals surface area contributed by atoms with E-state index in [4.69, 9.17) is 5.73 Å². The van der Waals surface area contributed by atoms with Gasteiger partial charge in [-0.15, -0.1) is 0 Å². The van der Waals surface area contributed by atoms with Crippen molar-refractivity contribution in [1.82, 2.24) is 15.6 Å². The summed E-state index contributed by atoms with van der Waals surface area (Å²) in [4.78, 5) is 12.0. The van der Waals surface area contributed by atoms with Crippen LogP contribution >= 0.6 is 0 Å². The molecule has 0 radical (unpaired) electrons. The summed E-state index contributed by atoms with van der Waals surface area (Å²) >= 11 is 0. The van der Waals surface area contributed by atoms with E-state index in [0.717, 1.165) is 12.1 Å². The van der Waals surface area contributed by atoms with Crippen LogP contribution in [0.15, 0.2) is 28.2 Å². The Kier molecular flexibility index (Phi) is 5.28. The van der Waals surface area contributed by atoms with Crippen molar-refractivity contribution in [2.75, 3.05) is 0 Å². The molecule has 3 aliphatic rings. The lowest BCUT2D eigenvalue weighted by Gasteiger charge is -2.40. The Balaban J connectivity index is 1.77. The van der Waals surface area contributed by atoms with E-state index in [2.05, 4.69) is 25.6 Å². The van der Waals surface area contributed by atoms with Crippen LogP contribution in [0, 0.1) is 5.92 Å². The van der Waals surface area contributed by atoms with Crippen LogP contribution in [0.2, 0.25) is 0 Å². The Morgan fingerprint density at radius 2 is 1.72 bits per heavy atom. The summed E-state index contributed by atoms with van der Waals surface area (Å²) in [6.45, 7) is 0. The lowest BCUT2D eigenvalue weighted by Crippen LogP contribution is -2.61. The average molecular weight is 466 g/mol. The molecule has 1 aliphatic heterocycles. The van der Waals surface area contributed by atoms with Gasteiger partial charge >= 0.3 is 6.18 Å². The van der Waals surface area contributed by atoms with E-state index < -0.39 is 60.6 Å². The molecule has 6 nitrogen and oxygen atoms in total. The minimum atomic E-state index is -4.77. The molecular weight excluding hydrogens is 445 g/mol. The Morgan fingerprint density at radius 3 is 2.31 bits per heavy atom. The number of hydrogen-bond acceptors (Lipinski definition) is 4. The molecule has 13 heteroatoms. The Morgan fingerprint density at radius 1 is 1.03 bits per heavy atom. The Hall–Kier alpha value is -2.60. The highest BCUT2D eigenvalue weighted by Crippen LogP contribution is 2.48. The van der Waals surface area contributed by atoms with E-state index >= 15 is 0 Å². The molecular formula is C19H21F7N6. The molecule has 4 rings (SSSR count). The lowest BCUT2D eigenvalue weighted by atomic mass is 9.87. The van der Waals surface area contributed by atoms with Gasteiger partial charge in [-0.05, 0) is 25.0 Å². The van der Waals surface area contributed by atoms with Crippen molar-refractivity contribution in [1.29, 1.82) is 0 Å². The average Bonchev–Trinajstić information content (AvgIpc) is 3.21. The van der Waals surface area contributed by atoms with Crippen LogP contribution in [0.5, 0.6) is 0 Å². The molecule has 4 N–H and O–H groups in total. The van der Waals surface area contributed by atoms with Gasteiger partial charge in [-0.25, -0.2) is 32.5 Å². The monoisotopic (exact) mass is 466 g/mol. The first kappa shape index (κ1) is 22.6. The van der Waals surface area contributed by atoms with Crippen molar-refractivity contribution in [2.45, 2.75) is 68.3 Å². The van der Waals surface area contributed by atoms with Gasteiger partial charge < -0.3 is 11.1 Å². The molecule has 2 fully saturated rings. The molecule has 176 valence electrons. The molecule has 32 heavy (non-hydrogen) atoms. The predicted octanol–water partition coefficient (Wildman–Crippen LogP) is 3.74. The van der Waals surface area contributed by atoms with E-state index in [1.807, 2.05) is 0 Å². The second-order valence-corrected chi connectivity index (χ2v) is 8.45. The smallest absolute Gasteiger partial charge is 0.370 e. The summed E-state index contributed by atoms with van der Waals surface area (Å²) in [5.41, 5.74) is 2.51. The van der Waals surface area contributed by atoms with Crippen LogP contribution in [0.4, 0.5) is 30.7 Å². The third kappa shape index (κ3) is 4.46. The largest absolute Gasteiger partial charge is 0.433 e. The van der Waals surface area contributed by atoms with Crippen molar-refractivity contribution < 1.29 is 30.7 Å². The minimum absolute atomic E-state index is 0.0660. The number of nitrogens with one attached hydrogen (secondary N) is 2. The number of halogens is 7. The van der Waals surface area contributed by atoms with Crippen LogP contribution in [0.3, 0.4) is 0 Å². The van der Waals surface area contributed by atoms with Gasteiger partial charge in [0, 0.05) is 31.6 Å². The van der Waals surface area contributed by atoms with Gasteiger partial charge in [0.05, 0.1) is 11.7 Å². The molecule has 0 aromatic carbocycles. The Labute approximate surface area is 178 Å². The highest BCUT2D eigenvalue weighted by Gasteiger charge is 2.54. The number of guanidine groups is 2. The van der Waals surface area contributed by atoms with Crippen LogP contribution < -0.4 is 16.4 Å². The topological polar surface area (TPSA) is 87.7 Å². The first-order valence-electron chi connectivity index (χ1n) is 10.1. The summed E-state index contributed by atoms with van der Waals surface area (Å²) in [6, 6.07) is 2.32. The fourth-order valence-corrected chi connectivity index (χ4v) is 4.50. The zero-order valence-corrected chi connectivity index (χ0v) is 16.7. The quantitative estimate of drug-likeness (QED) is 0.593. The summed E-state index contributed by atoms with van der Waals surface area (Å²) in [5, 5.41) is 5.36. The molecule has 2 heterocycles. The van der Waals surface area contributed by atoms with Gasteiger partial charge in [0.25, 0.3) is 0 Å².